The lowest BCUT2D eigenvalue weighted by atomic mass is 9.06. The number of ketones is 2. The summed E-state index contributed by atoms with van der Waals surface area (Å²) in [6, 6.07) is 0. The Morgan fingerprint density at radius 1 is 0.786 bits per heavy atom. The lowest BCUT2D eigenvalue weighted by Crippen LogP contribution is -2.98. The van der Waals surface area contributed by atoms with Gasteiger partial charge in [-0.15, -0.1) is 0 Å². The van der Waals surface area contributed by atoms with Crippen molar-refractivity contribution in [3.05, 3.63) is 0 Å². The molecule has 0 amide bonds. The van der Waals surface area contributed by atoms with E-state index in [0.717, 1.165) is 25.7 Å². The second-order valence-electron chi connectivity index (χ2n) is 15.8. The van der Waals surface area contributed by atoms with Gasteiger partial charge >= 0.3 is 17.9 Å². The summed E-state index contributed by atoms with van der Waals surface area (Å²) in [6.45, 7) is 16.5. The summed E-state index contributed by atoms with van der Waals surface area (Å²) in [4.78, 5) is 65.7. The number of Topliss-reactive ketones (excluding diaryl/α,β-unsaturated/α-hetero) is 2. The second kappa shape index (κ2) is 7.34. The first-order chi connectivity index (χ1) is 19.7. The molecule has 16 atom stereocenters. The first-order valence-electron chi connectivity index (χ1n) is 16.3. The lowest BCUT2D eigenvalue weighted by Gasteiger charge is -2.95. The first kappa shape index (κ1) is 27.3. The molecule has 8 nitrogen and oxygen atoms in total. The van der Waals surface area contributed by atoms with Crippen molar-refractivity contribution in [2.24, 2.45) is 79.8 Å². The summed E-state index contributed by atoms with van der Waals surface area (Å²) in [6.07, 6.45) is 2.92. The molecular formula is C34H44O8. The maximum absolute atomic E-state index is 14.9. The van der Waals surface area contributed by atoms with Crippen LogP contribution in [-0.2, 0) is 38.2 Å². The number of rotatable bonds is 1. The molecule has 10 aliphatic rings. The molecule has 0 N–H and O–H groups in total. The van der Waals surface area contributed by atoms with Crippen LogP contribution in [-0.4, -0.2) is 48.3 Å². The number of hydrogen-bond acceptors (Lipinski definition) is 8. The predicted molar refractivity (Wildman–Crippen MR) is 147 cm³/mol. The molecule has 0 aromatic heterocycles. The molecule has 10 fully saturated rings. The molecular weight excluding hydrogens is 536 g/mol. The average molecular weight is 581 g/mol. The van der Waals surface area contributed by atoms with Crippen molar-refractivity contribution in [1.29, 1.82) is 0 Å². The van der Waals surface area contributed by atoms with Gasteiger partial charge < -0.3 is 14.2 Å². The van der Waals surface area contributed by atoms with E-state index in [0.29, 0.717) is 6.61 Å². The Labute approximate surface area is 247 Å². The van der Waals surface area contributed by atoms with Crippen LogP contribution in [0.4, 0.5) is 0 Å². The lowest BCUT2D eigenvalue weighted by molar-refractivity contribution is -0.531. The van der Waals surface area contributed by atoms with Gasteiger partial charge in [0.25, 0.3) is 0 Å². The number of esters is 3. The molecule has 10 rings (SSSR count). The third-order valence-electron chi connectivity index (χ3n) is 15.9. The minimum Gasteiger partial charge on any atom is -0.466 e. The highest BCUT2D eigenvalue weighted by atomic mass is 16.6. The molecule has 8 heteroatoms. The number of carbonyl (C=O) groups is 5. The molecule has 8 saturated carbocycles. The van der Waals surface area contributed by atoms with E-state index in [2.05, 4.69) is 32.4 Å². The third-order valence-corrected chi connectivity index (χ3v) is 15.9. The van der Waals surface area contributed by atoms with Crippen LogP contribution >= 0.6 is 0 Å². The highest BCUT2D eigenvalue weighted by Crippen LogP contribution is 3.15. The maximum Gasteiger partial charge on any atom is 0.309 e. The van der Waals surface area contributed by atoms with Crippen LogP contribution in [0.25, 0.3) is 0 Å². The van der Waals surface area contributed by atoms with E-state index >= 15 is 0 Å². The minimum atomic E-state index is -0.820. The van der Waals surface area contributed by atoms with Gasteiger partial charge in [0.2, 0.25) is 0 Å². The maximum atomic E-state index is 14.9. The second-order valence-corrected chi connectivity index (χ2v) is 15.8. The quantitative estimate of drug-likeness (QED) is 0.336. The van der Waals surface area contributed by atoms with Crippen molar-refractivity contribution >= 4 is 29.5 Å². The molecule has 0 radical (unpaired) electrons. The number of hydrogen-bond donors (Lipinski definition) is 0. The zero-order valence-electron chi connectivity index (χ0n) is 26.1. The fourth-order valence-corrected chi connectivity index (χ4v) is 15.7. The van der Waals surface area contributed by atoms with Gasteiger partial charge in [0.1, 0.15) is 23.8 Å². The molecule has 4 spiro atoms. The minimum absolute atomic E-state index is 0.0329. The Bertz CT molecular complexity index is 1400. The number of carbonyl (C=O) groups excluding carboxylic acids is 5. The normalized spacial score (nSPS) is 61.3. The van der Waals surface area contributed by atoms with Crippen LogP contribution in [0.5, 0.6) is 0 Å². The summed E-state index contributed by atoms with van der Waals surface area (Å²) < 4.78 is 17.2. The van der Waals surface area contributed by atoms with Crippen molar-refractivity contribution in [2.45, 2.75) is 93.3 Å². The predicted octanol–water partition coefficient (Wildman–Crippen LogP) is 4.17. The molecule has 0 aromatic rings. The van der Waals surface area contributed by atoms with Gasteiger partial charge in [-0.25, -0.2) is 0 Å². The molecule has 2 aliphatic heterocycles. The topological polar surface area (TPSA) is 113 Å². The number of ether oxygens (including phenoxy) is 3. The molecule has 2 saturated heterocycles. The molecule has 8 aliphatic carbocycles. The Morgan fingerprint density at radius 2 is 1.31 bits per heavy atom. The van der Waals surface area contributed by atoms with Gasteiger partial charge in [-0.05, 0) is 44.4 Å². The highest BCUT2D eigenvalue weighted by molar-refractivity contribution is 6.17. The number of fused-ring (bicyclic) bond motifs is 2. The fraction of sp³-hybridized carbons (Fsp3) is 0.853. The van der Waals surface area contributed by atoms with Crippen LogP contribution in [0.15, 0.2) is 0 Å². The van der Waals surface area contributed by atoms with Crippen molar-refractivity contribution in [3.8, 4) is 0 Å². The largest absolute Gasteiger partial charge is 0.466 e. The van der Waals surface area contributed by atoms with Gasteiger partial charge in [-0.2, -0.15) is 0 Å². The van der Waals surface area contributed by atoms with Crippen LogP contribution < -0.4 is 0 Å². The Balaban J connectivity index is 0.000000407. The monoisotopic (exact) mass is 580 g/mol. The van der Waals surface area contributed by atoms with Crippen molar-refractivity contribution in [1.82, 2.24) is 0 Å². The SMILES string of the molecule is CCOC(C)=O.C[C@@H]1C(=O)O[C@H]2[C@H]1CC[C@H](C)[C@]13[C@@H]4C(=O)[C@]5(C)[C@H]1C(=O)[C@]1(C)[C@]23[C@]42[C@@H](C)CC[C@H]3[C@H](C)C(=O)O[C@@H]3[C@@]125. The van der Waals surface area contributed by atoms with Gasteiger partial charge in [-0.1, -0.05) is 41.5 Å². The fourth-order valence-electron chi connectivity index (χ4n) is 15.7. The summed E-state index contributed by atoms with van der Waals surface area (Å²) in [5.41, 5.74) is -3.72. The van der Waals surface area contributed by atoms with E-state index in [-0.39, 0.29) is 82.9 Å². The van der Waals surface area contributed by atoms with E-state index in [1.165, 1.54) is 6.92 Å². The van der Waals surface area contributed by atoms with Gasteiger partial charge in [0.05, 0.1) is 18.4 Å². The zero-order chi connectivity index (χ0) is 30.3. The summed E-state index contributed by atoms with van der Waals surface area (Å²) >= 11 is 0. The Hall–Kier alpha value is -2.25. The van der Waals surface area contributed by atoms with Crippen molar-refractivity contribution in [3.63, 3.8) is 0 Å². The average Bonchev–Trinajstić information content (AvgIpc) is 3.46. The Kier molecular flexibility index (Phi) is 4.77. The molecule has 228 valence electrons. The van der Waals surface area contributed by atoms with Crippen LogP contribution in [0.2, 0.25) is 0 Å². The smallest absolute Gasteiger partial charge is 0.309 e. The molecule has 4 bridgehead atoms. The van der Waals surface area contributed by atoms with Crippen molar-refractivity contribution < 1.29 is 38.2 Å². The van der Waals surface area contributed by atoms with E-state index < -0.39 is 38.6 Å². The molecule has 42 heavy (non-hydrogen) atoms. The molecule has 0 aromatic carbocycles. The summed E-state index contributed by atoms with van der Waals surface area (Å²) in [5.74, 6) is -0.424. The highest BCUT2D eigenvalue weighted by Gasteiger charge is 3.21. The molecule has 2 heterocycles. The van der Waals surface area contributed by atoms with Crippen LogP contribution in [0.1, 0.15) is 81.1 Å². The van der Waals surface area contributed by atoms with Crippen LogP contribution in [0.3, 0.4) is 0 Å². The summed E-state index contributed by atoms with van der Waals surface area (Å²) in [7, 11) is 0. The van der Waals surface area contributed by atoms with Crippen LogP contribution in [0, 0.1) is 79.8 Å². The zero-order valence-corrected chi connectivity index (χ0v) is 26.1. The first-order valence-corrected chi connectivity index (χ1v) is 16.3. The van der Waals surface area contributed by atoms with Gasteiger partial charge in [-0.3, -0.25) is 24.0 Å². The van der Waals surface area contributed by atoms with E-state index in [1.54, 1.807) is 6.92 Å². The van der Waals surface area contributed by atoms with Gasteiger partial charge in [0.15, 0.2) is 0 Å². The van der Waals surface area contributed by atoms with E-state index in [1.807, 2.05) is 13.8 Å². The van der Waals surface area contributed by atoms with Crippen molar-refractivity contribution in [2.75, 3.05) is 6.61 Å². The third kappa shape index (κ3) is 1.88. The van der Waals surface area contributed by atoms with E-state index in [9.17, 15) is 24.0 Å². The molecule has 0 unspecified atom stereocenters. The standard InChI is InChI=1S/C30H36O6.C4H8O2/c1-11-7-9-16-14(4)24(34)36-22(16)30-26(6)20(32)17-25(5)19(31)18(27(11,17)30)28(30)12(2)8-10-15-13(3)23(33)35-21(15)29(25,26)28;1-3-6-4(2)5/h11-18,21-22H,7-10H2,1-6H3;3H2,1-2H3/t11-,12-,13-,14-,15-,16-,17+,18-,21-,22-,25-,26-,27+,28+,29+,30+;/m0./s1. The van der Waals surface area contributed by atoms with E-state index in [4.69, 9.17) is 9.47 Å². The summed E-state index contributed by atoms with van der Waals surface area (Å²) in [5, 5.41) is 0. The Morgan fingerprint density at radius 3 is 1.81 bits per heavy atom. The van der Waals surface area contributed by atoms with Gasteiger partial charge in [0, 0.05) is 63.1 Å².